The molecule has 1 aliphatic carbocycles. The molecule has 1 spiro atoms. The van der Waals surface area contributed by atoms with E-state index in [9.17, 15) is 9.59 Å². The van der Waals surface area contributed by atoms with Crippen molar-refractivity contribution in [2.45, 2.75) is 5.41 Å². The lowest BCUT2D eigenvalue weighted by Gasteiger charge is -2.22. The number of ether oxygens (including phenoxy) is 1. The van der Waals surface area contributed by atoms with Gasteiger partial charge in [0, 0.05) is 5.56 Å². The molecule has 0 fully saturated rings. The molecular formula is C15H13NO4. The van der Waals surface area contributed by atoms with E-state index < -0.39 is 5.41 Å². The number of fused-ring (bicyclic) bond motifs is 2. The van der Waals surface area contributed by atoms with Crippen molar-refractivity contribution in [3.63, 3.8) is 0 Å². The Balaban J connectivity index is 2.23. The first-order valence-electron chi connectivity index (χ1n) is 6.12. The van der Waals surface area contributed by atoms with Crippen LogP contribution in [0.2, 0.25) is 0 Å². The van der Waals surface area contributed by atoms with Gasteiger partial charge < -0.3 is 4.74 Å². The zero-order valence-corrected chi connectivity index (χ0v) is 11.1. The van der Waals surface area contributed by atoms with Crippen molar-refractivity contribution in [1.29, 1.82) is 0 Å². The highest BCUT2D eigenvalue weighted by Crippen LogP contribution is 2.46. The lowest BCUT2D eigenvalue weighted by Crippen LogP contribution is -2.38. The molecule has 0 unspecified atom stereocenters. The van der Waals surface area contributed by atoms with Crippen LogP contribution in [-0.2, 0) is 19.8 Å². The first-order valence-corrected chi connectivity index (χ1v) is 6.12. The zero-order valence-electron chi connectivity index (χ0n) is 11.1. The number of nitrogens with zero attached hydrogens (tertiary/aromatic N) is 1. The lowest BCUT2D eigenvalue weighted by atomic mass is 9.78. The minimum absolute atomic E-state index is 0.135. The van der Waals surface area contributed by atoms with E-state index in [4.69, 9.17) is 9.57 Å². The number of benzene rings is 1. The Kier molecular flexibility index (Phi) is 2.72. The molecule has 102 valence electrons. The Bertz CT molecular complexity index is 644. The third kappa shape index (κ3) is 1.53. The second-order valence-electron chi connectivity index (χ2n) is 4.60. The topological polar surface area (TPSA) is 55.8 Å². The number of allylic oxidation sites excluding steroid dienone is 2. The molecular weight excluding hydrogens is 258 g/mol. The Hall–Kier alpha value is -2.40. The number of amides is 1. The van der Waals surface area contributed by atoms with Crippen LogP contribution in [0.4, 0.5) is 5.69 Å². The van der Waals surface area contributed by atoms with Crippen molar-refractivity contribution in [1.82, 2.24) is 0 Å². The van der Waals surface area contributed by atoms with Gasteiger partial charge in [-0.15, -0.1) is 0 Å². The first-order chi connectivity index (χ1) is 9.62. The average Bonchev–Trinajstić information content (AvgIpc) is 2.70. The summed E-state index contributed by atoms with van der Waals surface area (Å²) in [6.45, 7) is 0. The maximum Gasteiger partial charge on any atom is 0.269 e. The van der Waals surface area contributed by atoms with Crippen LogP contribution in [0.3, 0.4) is 0 Å². The Morgan fingerprint density at radius 3 is 2.40 bits per heavy atom. The van der Waals surface area contributed by atoms with E-state index in [1.165, 1.54) is 24.3 Å². The average molecular weight is 271 g/mol. The molecule has 0 saturated heterocycles. The molecule has 20 heavy (non-hydrogen) atoms. The Labute approximate surface area is 116 Å². The molecule has 1 aliphatic heterocycles. The van der Waals surface area contributed by atoms with E-state index in [2.05, 4.69) is 0 Å². The summed E-state index contributed by atoms with van der Waals surface area (Å²) in [4.78, 5) is 29.1. The van der Waals surface area contributed by atoms with Gasteiger partial charge in [0.1, 0.15) is 11.2 Å². The van der Waals surface area contributed by atoms with Gasteiger partial charge in [-0.3, -0.25) is 14.4 Å². The van der Waals surface area contributed by atoms with E-state index in [0.717, 1.165) is 5.56 Å². The summed E-state index contributed by atoms with van der Waals surface area (Å²) < 4.78 is 5.21. The molecule has 0 bridgehead atoms. The van der Waals surface area contributed by atoms with Gasteiger partial charge in [-0.25, -0.2) is 0 Å². The number of hydrogen-bond donors (Lipinski definition) is 0. The second kappa shape index (κ2) is 4.31. The van der Waals surface area contributed by atoms with Gasteiger partial charge in [0.2, 0.25) is 0 Å². The van der Waals surface area contributed by atoms with Crippen LogP contribution in [0.15, 0.2) is 42.5 Å². The van der Waals surface area contributed by atoms with E-state index in [1.807, 2.05) is 0 Å². The fourth-order valence-corrected chi connectivity index (χ4v) is 2.58. The van der Waals surface area contributed by atoms with Crippen LogP contribution < -0.4 is 9.80 Å². The predicted octanol–water partition coefficient (Wildman–Crippen LogP) is 1.54. The Morgan fingerprint density at radius 2 is 1.80 bits per heavy atom. The third-order valence-corrected chi connectivity index (χ3v) is 3.61. The molecule has 1 heterocycles. The van der Waals surface area contributed by atoms with Gasteiger partial charge in [0.15, 0.2) is 5.78 Å². The number of hydroxylamine groups is 1. The lowest BCUT2D eigenvalue weighted by molar-refractivity contribution is -0.126. The highest BCUT2D eigenvalue weighted by atomic mass is 16.7. The molecule has 5 nitrogen and oxygen atoms in total. The van der Waals surface area contributed by atoms with Crippen LogP contribution in [0, 0.1) is 0 Å². The summed E-state index contributed by atoms with van der Waals surface area (Å²) in [6.07, 6.45) is 6.02. The molecule has 3 rings (SSSR count). The fraction of sp³-hybridized carbons (Fsp3) is 0.200. The largest absolute Gasteiger partial charge is 0.497 e. The second-order valence-corrected chi connectivity index (χ2v) is 4.60. The van der Waals surface area contributed by atoms with Crippen LogP contribution in [0.1, 0.15) is 5.56 Å². The number of carbonyl (C=O) groups is 2. The number of carbonyl (C=O) groups excluding carboxylic acids is 2. The van der Waals surface area contributed by atoms with Gasteiger partial charge in [-0.2, -0.15) is 5.06 Å². The fourth-order valence-electron chi connectivity index (χ4n) is 2.58. The predicted molar refractivity (Wildman–Crippen MR) is 72.5 cm³/mol. The number of methoxy groups -OCH3 is 1. The van der Waals surface area contributed by atoms with Crippen molar-refractivity contribution in [2.24, 2.45) is 0 Å². The molecule has 0 atom stereocenters. The van der Waals surface area contributed by atoms with E-state index >= 15 is 0 Å². The molecule has 2 aliphatic rings. The molecule has 1 aromatic rings. The molecule has 1 aromatic carbocycles. The third-order valence-electron chi connectivity index (χ3n) is 3.61. The number of anilines is 1. The molecule has 0 radical (unpaired) electrons. The summed E-state index contributed by atoms with van der Waals surface area (Å²) in [5.74, 6) is 0.263. The quantitative estimate of drug-likeness (QED) is 0.818. The Morgan fingerprint density at radius 1 is 1.10 bits per heavy atom. The van der Waals surface area contributed by atoms with Crippen LogP contribution in [0.25, 0.3) is 0 Å². The molecule has 0 aromatic heterocycles. The highest BCUT2D eigenvalue weighted by Gasteiger charge is 2.49. The maximum absolute atomic E-state index is 12.6. The van der Waals surface area contributed by atoms with Crippen molar-refractivity contribution in [3.05, 3.63) is 48.1 Å². The van der Waals surface area contributed by atoms with E-state index in [-0.39, 0.29) is 11.7 Å². The summed E-state index contributed by atoms with van der Waals surface area (Å²) in [5.41, 5.74) is 0.402. The molecule has 0 saturated carbocycles. The number of rotatable bonds is 2. The number of hydrogen-bond acceptors (Lipinski definition) is 4. The molecule has 1 amide bonds. The standard InChI is InChI=1S/C15H13NO4/c1-19-11-3-4-13-12(9-11)15(14(18)16(13)20-2)7-5-10(17)6-8-15/h3-9H,1-2H3. The number of ketones is 1. The minimum Gasteiger partial charge on any atom is -0.497 e. The highest BCUT2D eigenvalue weighted by molar-refractivity contribution is 6.13. The zero-order chi connectivity index (χ0) is 14.3. The van der Waals surface area contributed by atoms with Gasteiger partial charge in [0.05, 0.1) is 19.9 Å². The van der Waals surface area contributed by atoms with Crippen molar-refractivity contribution < 1.29 is 19.2 Å². The maximum atomic E-state index is 12.6. The van der Waals surface area contributed by atoms with E-state index in [0.29, 0.717) is 11.4 Å². The summed E-state index contributed by atoms with van der Waals surface area (Å²) in [6, 6.07) is 5.32. The van der Waals surface area contributed by atoms with Gasteiger partial charge in [-0.05, 0) is 30.4 Å². The smallest absolute Gasteiger partial charge is 0.269 e. The minimum atomic E-state index is -0.992. The first kappa shape index (κ1) is 12.6. The van der Waals surface area contributed by atoms with Gasteiger partial charge >= 0.3 is 0 Å². The van der Waals surface area contributed by atoms with Crippen LogP contribution in [-0.4, -0.2) is 25.9 Å². The van der Waals surface area contributed by atoms with Gasteiger partial charge in [0.25, 0.3) is 5.91 Å². The van der Waals surface area contributed by atoms with Crippen LogP contribution in [0.5, 0.6) is 5.75 Å². The van der Waals surface area contributed by atoms with Crippen molar-refractivity contribution in [2.75, 3.05) is 19.3 Å². The summed E-state index contributed by atoms with van der Waals surface area (Å²) >= 11 is 0. The van der Waals surface area contributed by atoms with Crippen molar-refractivity contribution in [3.8, 4) is 5.75 Å². The summed E-state index contributed by atoms with van der Waals surface area (Å²) in [7, 11) is 3.00. The van der Waals surface area contributed by atoms with Gasteiger partial charge in [-0.1, -0.05) is 12.2 Å². The van der Waals surface area contributed by atoms with Crippen molar-refractivity contribution >= 4 is 17.4 Å². The normalized spacial score (nSPS) is 18.8. The SMILES string of the molecule is COc1ccc2c(c1)C1(C=CC(=O)C=C1)C(=O)N2OC. The molecule has 5 heteroatoms. The van der Waals surface area contributed by atoms with Crippen LogP contribution >= 0.6 is 0 Å². The monoisotopic (exact) mass is 271 g/mol. The molecule has 0 N–H and O–H groups in total. The summed E-state index contributed by atoms with van der Waals surface area (Å²) in [5, 5.41) is 1.24. The van der Waals surface area contributed by atoms with E-state index in [1.54, 1.807) is 37.5 Å².